The lowest BCUT2D eigenvalue weighted by molar-refractivity contribution is 0.593. The molecule has 0 radical (unpaired) electrons. The zero-order valence-electron chi connectivity index (χ0n) is 14.3. The van der Waals surface area contributed by atoms with Crippen LogP contribution in [0.25, 0.3) is 10.9 Å². The second-order valence-electron chi connectivity index (χ2n) is 6.28. The number of rotatable bonds is 3. The van der Waals surface area contributed by atoms with Crippen molar-refractivity contribution in [2.45, 2.75) is 16.3 Å². The predicted molar refractivity (Wildman–Crippen MR) is 107 cm³/mol. The van der Waals surface area contributed by atoms with E-state index in [0.717, 1.165) is 49.2 Å². The van der Waals surface area contributed by atoms with Crippen LogP contribution in [0.4, 0.5) is 5.69 Å². The number of halogens is 1. The molecule has 0 aliphatic carbocycles. The summed E-state index contributed by atoms with van der Waals surface area (Å²) >= 11 is 0. The zero-order valence-corrected chi connectivity index (χ0v) is 15.9. The van der Waals surface area contributed by atoms with Crippen molar-refractivity contribution in [3.05, 3.63) is 54.6 Å². The molecule has 2 aromatic carbocycles. The summed E-state index contributed by atoms with van der Waals surface area (Å²) in [6.07, 6.45) is 1.08. The Balaban J connectivity index is 0.00000196. The summed E-state index contributed by atoms with van der Waals surface area (Å²) in [5.74, 6) is 0. The lowest BCUT2D eigenvalue weighted by Crippen LogP contribution is -2.27. The second kappa shape index (κ2) is 7.70. The second-order valence-corrected chi connectivity index (χ2v) is 8.20. The molecule has 1 aliphatic heterocycles. The van der Waals surface area contributed by atoms with Crippen molar-refractivity contribution in [1.82, 2.24) is 10.3 Å². The SMILES string of the molecule is Cl.O=S(=O)(c1ccccc1)c1cc2c(N3CCCNCC3)cccc2[nH]1. The maximum atomic E-state index is 12.9. The first kappa shape index (κ1) is 18.8. The number of hydrogen-bond acceptors (Lipinski definition) is 4. The van der Waals surface area contributed by atoms with E-state index in [0.29, 0.717) is 4.90 Å². The number of sulfone groups is 1. The summed E-state index contributed by atoms with van der Waals surface area (Å²) < 4.78 is 25.8. The van der Waals surface area contributed by atoms with Crippen molar-refractivity contribution in [3.8, 4) is 0 Å². The standard InChI is InChI=1S/C19H21N3O2S.ClH/c23-25(24,15-6-2-1-3-7-15)19-14-16-17(21-19)8-4-9-18(16)22-12-5-10-20-11-13-22;/h1-4,6-9,14,20-21H,5,10-13H2;1H. The van der Waals surface area contributed by atoms with Gasteiger partial charge in [0.15, 0.2) is 0 Å². The van der Waals surface area contributed by atoms with Crippen LogP contribution in [0.3, 0.4) is 0 Å². The quantitative estimate of drug-likeness (QED) is 0.719. The predicted octanol–water partition coefficient (Wildman–Crippen LogP) is 3.22. The van der Waals surface area contributed by atoms with Gasteiger partial charge in [-0.25, -0.2) is 8.42 Å². The van der Waals surface area contributed by atoms with Crippen LogP contribution in [-0.2, 0) is 9.84 Å². The van der Waals surface area contributed by atoms with E-state index in [9.17, 15) is 8.42 Å². The molecule has 4 rings (SSSR count). The van der Waals surface area contributed by atoms with Crippen LogP contribution >= 0.6 is 12.4 Å². The topological polar surface area (TPSA) is 65.2 Å². The summed E-state index contributed by atoms with van der Waals surface area (Å²) in [5.41, 5.74) is 1.94. The largest absolute Gasteiger partial charge is 0.370 e. The maximum absolute atomic E-state index is 12.9. The zero-order chi connectivity index (χ0) is 17.3. The highest BCUT2D eigenvalue weighted by atomic mass is 35.5. The van der Waals surface area contributed by atoms with Gasteiger partial charge in [0.2, 0.25) is 9.84 Å². The summed E-state index contributed by atoms with van der Waals surface area (Å²) in [4.78, 5) is 5.74. The first-order chi connectivity index (χ1) is 12.2. The third-order valence-electron chi connectivity index (χ3n) is 4.64. The number of benzene rings is 2. The molecule has 7 heteroatoms. The molecule has 3 aromatic rings. The minimum Gasteiger partial charge on any atom is -0.370 e. The summed E-state index contributed by atoms with van der Waals surface area (Å²) in [6, 6.07) is 16.3. The van der Waals surface area contributed by atoms with Crippen molar-refractivity contribution in [1.29, 1.82) is 0 Å². The fraction of sp³-hybridized carbons (Fsp3) is 0.263. The minimum absolute atomic E-state index is 0. The molecule has 138 valence electrons. The number of aromatic nitrogens is 1. The van der Waals surface area contributed by atoms with Crippen molar-refractivity contribution in [2.75, 3.05) is 31.1 Å². The molecule has 1 fully saturated rings. The van der Waals surface area contributed by atoms with Gasteiger partial charge in [-0.05, 0) is 43.3 Å². The van der Waals surface area contributed by atoms with E-state index >= 15 is 0 Å². The number of aromatic amines is 1. The van der Waals surface area contributed by atoms with Crippen LogP contribution in [0, 0.1) is 0 Å². The van der Waals surface area contributed by atoms with Gasteiger partial charge in [0.1, 0.15) is 5.03 Å². The van der Waals surface area contributed by atoms with E-state index in [4.69, 9.17) is 0 Å². The highest BCUT2D eigenvalue weighted by Gasteiger charge is 2.21. The number of anilines is 1. The Morgan fingerprint density at radius 2 is 1.73 bits per heavy atom. The number of H-pyrrole nitrogens is 1. The Bertz CT molecular complexity index is 978. The summed E-state index contributed by atoms with van der Waals surface area (Å²) in [6.45, 7) is 3.85. The molecule has 1 aliphatic rings. The van der Waals surface area contributed by atoms with Crippen molar-refractivity contribution in [3.63, 3.8) is 0 Å². The van der Waals surface area contributed by atoms with E-state index in [1.807, 2.05) is 18.2 Å². The molecule has 5 nitrogen and oxygen atoms in total. The van der Waals surface area contributed by atoms with Gasteiger partial charge >= 0.3 is 0 Å². The molecular weight excluding hydrogens is 370 g/mol. The highest BCUT2D eigenvalue weighted by molar-refractivity contribution is 7.91. The van der Waals surface area contributed by atoms with Crippen LogP contribution in [0.15, 0.2) is 64.5 Å². The number of fused-ring (bicyclic) bond motifs is 1. The van der Waals surface area contributed by atoms with Gasteiger partial charge in [-0.1, -0.05) is 24.3 Å². The Morgan fingerprint density at radius 1 is 0.923 bits per heavy atom. The van der Waals surface area contributed by atoms with E-state index in [1.165, 1.54) is 0 Å². The number of nitrogens with zero attached hydrogens (tertiary/aromatic N) is 1. The van der Waals surface area contributed by atoms with Gasteiger partial charge in [0.25, 0.3) is 0 Å². The van der Waals surface area contributed by atoms with Gasteiger partial charge < -0.3 is 15.2 Å². The highest BCUT2D eigenvalue weighted by Crippen LogP contribution is 2.31. The lowest BCUT2D eigenvalue weighted by Gasteiger charge is -2.23. The smallest absolute Gasteiger partial charge is 0.221 e. The number of hydrogen-bond donors (Lipinski definition) is 2. The minimum atomic E-state index is -3.54. The molecule has 0 unspecified atom stereocenters. The molecule has 1 aromatic heterocycles. The Labute approximate surface area is 159 Å². The van der Waals surface area contributed by atoms with E-state index in [1.54, 1.807) is 30.3 Å². The van der Waals surface area contributed by atoms with Crippen molar-refractivity contribution in [2.24, 2.45) is 0 Å². The third kappa shape index (κ3) is 3.45. The number of nitrogens with one attached hydrogen (secondary N) is 2. The van der Waals surface area contributed by atoms with Gasteiger partial charge in [0, 0.05) is 36.2 Å². The van der Waals surface area contributed by atoms with Gasteiger partial charge in [-0.3, -0.25) is 0 Å². The molecule has 0 spiro atoms. The Morgan fingerprint density at radius 3 is 2.54 bits per heavy atom. The fourth-order valence-corrected chi connectivity index (χ4v) is 4.63. The molecule has 26 heavy (non-hydrogen) atoms. The van der Waals surface area contributed by atoms with E-state index in [-0.39, 0.29) is 17.4 Å². The van der Waals surface area contributed by atoms with E-state index < -0.39 is 9.84 Å². The molecule has 2 heterocycles. The Kier molecular flexibility index (Phi) is 5.55. The molecule has 0 atom stereocenters. The molecular formula is C19H22ClN3O2S. The van der Waals surface area contributed by atoms with Gasteiger partial charge in [-0.15, -0.1) is 12.4 Å². The van der Waals surface area contributed by atoms with Crippen LogP contribution in [0.2, 0.25) is 0 Å². The van der Waals surface area contributed by atoms with Crippen LogP contribution < -0.4 is 10.2 Å². The van der Waals surface area contributed by atoms with Crippen LogP contribution in [0.5, 0.6) is 0 Å². The first-order valence-corrected chi connectivity index (χ1v) is 10.0. The maximum Gasteiger partial charge on any atom is 0.221 e. The Hall–Kier alpha value is -2.02. The average Bonchev–Trinajstić information content (AvgIpc) is 2.91. The summed E-state index contributed by atoms with van der Waals surface area (Å²) in [7, 11) is -3.54. The molecule has 0 saturated carbocycles. The van der Waals surface area contributed by atoms with Gasteiger partial charge in [-0.2, -0.15) is 0 Å². The van der Waals surface area contributed by atoms with Crippen molar-refractivity contribution < 1.29 is 8.42 Å². The third-order valence-corrected chi connectivity index (χ3v) is 6.33. The molecule has 1 saturated heterocycles. The van der Waals surface area contributed by atoms with E-state index in [2.05, 4.69) is 21.3 Å². The van der Waals surface area contributed by atoms with Crippen LogP contribution in [0.1, 0.15) is 6.42 Å². The summed E-state index contributed by atoms with van der Waals surface area (Å²) in [5, 5.41) is 4.60. The lowest BCUT2D eigenvalue weighted by atomic mass is 10.2. The van der Waals surface area contributed by atoms with Gasteiger partial charge in [0.05, 0.1) is 4.90 Å². The van der Waals surface area contributed by atoms with Crippen LogP contribution in [-0.4, -0.2) is 39.6 Å². The first-order valence-electron chi connectivity index (χ1n) is 8.54. The van der Waals surface area contributed by atoms with Crippen molar-refractivity contribution >= 4 is 38.8 Å². The monoisotopic (exact) mass is 391 g/mol. The average molecular weight is 392 g/mol. The normalized spacial score (nSPS) is 15.5. The molecule has 0 bridgehead atoms. The molecule has 0 amide bonds. The fourth-order valence-electron chi connectivity index (χ4n) is 3.35. The molecule has 2 N–H and O–H groups in total.